The third-order valence-electron chi connectivity index (χ3n) is 9.11. The minimum absolute atomic E-state index is 0.0297. The number of rotatable bonds is 7. The number of esters is 3. The number of hydrogen-bond donors (Lipinski definition) is 1. The van der Waals surface area contributed by atoms with E-state index in [9.17, 15) is 19.2 Å². The van der Waals surface area contributed by atoms with Crippen LogP contribution in [0, 0.1) is 38.0 Å². The van der Waals surface area contributed by atoms with E-state index in [1.807, 2.05) is 0 Å². The van der Waals surface area contributed by atoms with Crippen molar-refractivity contribution >= 4 is 40.2 Å². The summed E-state index contributed by atoms with van der Waals surface area (Å²) in [5, 5.41) is 2.79. The number of anilines is 1. The highest BCUT2D eigenvalue weighted by atomic mass is 32.1. The number of ether oxygens (including phenoxy) is 3. The van der Waals surface area contributed by atoms with Gasteiger partial charge in [-0.25, -0.2) is 9.59 Å². The van der Waals surface area contributed by atoms with Crippen LogP contribution in [0.2, 0.25) is 0 Å². The number of carbonyl (C=O) groups is 4. The molecular formula is C30H35NO7S. The normalized spacial score (nSPS) is 26.7. The van der Waals surface area contributed by atoms with Crippen molar-refractivity contribution in [3.05, 3.63) is 50.9 Å². The quantitative estimate of drug-likeness (QED) is 0.368. The summed E-state index contributed by atoms with van der Waals surface area (Å²) in [5.74, 6) is -1.25. The minimum Gasteiger partial charge on any atom is -0.465 e. The number of nitrogens with one attached hydrogen (secondary N) is 1. The van der Waals surface area contributed by atoms with Crippen LogP contribution >= 0.6 is 11.3 Å². The maximum absolute atomic E-state index is 13.6. The number of benzene rings is 1. The number of hydrogen-bond acceptors (Lipinski definition) is 8. The summed E-state index contributed by atoms with van der Waals surface area (Å²) < 4.78 is 15.3. The SMILES string of the molecule is COC(=O)c1sc(NC(=O)COC(=O)C23C[C@@H]4C[C@@H](C2)CC(c2ccc(C)c(C)c2)(C4)C3)c(C(=O)OC)c1C. The second kappa shape index (κ2) is 10.1. The van der Waals surface area contributed by atoms with Crippen LogP contribution in [0.15, 0.2) is 18.2 Å². The predicted molar refractivity (Wildman–Crippen MR) is 146 cm³/mol. The van der Waals surface area contributed by atoms with Crippen molar-refractivity contribution in [2.75, 3.05) is 26.1 Å². The topological polar surface area (TPSA) is 108 Å². The second-order valence-electron chi connectivity index (χ2n) is 11.7. The molecule has 1 N–H and O–H groups in total. The van der Waals surface area contributed by atoms with Crippen molar-refractivity contribution in [3.8, 4) is 0 Å². The largest absolute Gasteiger partial charge is 0.465 e. The Bertz CT molecular complexity index is 1350. The molecule has 4 bridgehead atoms. The third kappa shape index (κ3) is 4.75. The van der Waals surface area contributed by atoms with Gasteiger partial charge in [0.25, 0.3) is 5.91 Å². The lowest BCUT2D eigenvalue weighted by molar-refractivity contribution is -0.175. The average molecular weight is 554 g/mol. The van der Waals surface area contributed by atoms with Crippen molar-refractivity contribution in [1.29, 1.82) is 0 Å². The number of thiophene rings is 1. The first kappa shape index (κ1) is 27.4. The molecule has 6 rings (SSSR count). The van der Waals surface area contributed by atoms with Gasteiger partial charge in [-0.1, -0.05) is 18.2 Å². The van der Waals surface area contributed by atoms with Crippen LogP contribution in [-0.2, 0) is 29.2 Å². The third-order valence-corrected chi connectivity index (χ3v) is 10.3. The van der Waals surface area contributed by atoms with E-state index in [-0.39, 0.29) is 26.8 Å². The molecule has 1 aromatic heterocycles. The highest BCUT2D eigenvalue weighted by Crippen LogP contribution is 2.66. The first-order chi connectivity index (χ1) is 18.5. The Balaban J connectivity index is 1.31. The lowest BCUT2D eigenvalue weighted by atomic mass is 9.43. The molecule has 0 spiro atoms. The molecule has 1 amide bonds. The van der Waals surface area contributed by atoms with Gasteiger partial charge in [-0.15, -0.1) is 11.3 Å². The van der Waals surface area contributed by atoms with E-state index in [1.54, 1.807) is 6.92 Å². The molecule has 0 saturated heterocycles. The van der Waals surface area contributed by atoms with Gasteiger partial charge >= 0.3 is 17.9 Å². The van der Waals surface area contributed by atoms with Gasteiger partial charge in [0.15, 0.2) is 6.61 Å². The zero-order valence-corrected chi connectivity index (χ0v) is 23.9. The fraction of sp³-hybridized carbons (Fsp3) is 0.533. The molecule has 1 heterocycles. The monoisotopic (exact) mass is 553 g/mol. The molecule has 0 aliphatic heterocycles. The van der Waals surface area contributed by atoms with E-state index in [1.165, 1.54) is 30.9 Å². The van der Waals surface area contributed by atoms with E-state index < -0.39 is 29.9 Å². The molecule has 4 fully saturated rings. The number of aryl methyl sites for hydroxylation is 2. The van der Waals surface area contributed by atoms with Crippen molar-refractivity contribution in [1.82, 2.24) is 0 Å². The molecule has 4 saturated carbocycles. The van der Waals surface area contributed by atoms with Crippen molar-refractivity contribution in [3.63, 3.8) is 0 Å². The molecule has 4 aliphatic carbocycles. The fourth-order valence-electron chi connectivity index (χ4n) is 7.59. The lowest BCUT2D eigenvalue weighted by Crippen LogP contribution is -2.57. The summed E-state index contributed by atoms with van der Waals surface area (Å²) in [4.78, 5) is 51.2. The van der Waals surface area contributed by atoms with Crippen LogP contribution in [0.25, 0.3) is 0 Å². The molecule has 0 unspecified atom stereocenters. The summed E-state index contributed by atoms with van der Waals surface area (Å²) >= 11 is 0.924. The molecule has 1 aromatic carbocycles. The molecule has 8 nitrogen and oxygen atoms in total. The molecule has 39 heavy (non-hydrogen) atoms. The number of amides is 1. The van der Waals surface area contributed by atoms with Gasteiger partial charge in [0, 0.05) is 0 Å². The molecule has 9 heteroatoms. The standard InChI is InChI=1S/C30H35NO7S/c1-16-6-7-21(8-17(16)2)29-10-19-9-20(11-29)13-30(12-19,15-29)28(35)38-14-22(32)31-25-23(26(33)36-4)18(3)24(39-25)27(34)37-5/h6-8,19-20H,9-15H2,1-5H3,(H,31,32)/t19-,20-,29?,30?/m1/s1. The minimum atomic E-state index is -0.684. The second-order valence-corrected chi connectivity index (χ2v) is 12.7. The van der Waals surface area contributed by atoms with E-state index >= 15 is 0 Å². The smallest absolute Gasteiger partial charge is 0.348 e. The number of carbonyl (C=O) groups excluding carboxylic acids is 4. The first-order valence-electron chi connectivity index (χ1n) is 13.4. The summed E-state index contributed by atoms with van der Waals surface area (Å²) in [6, 6.07) is 6.70. The van der Waals surface area contributed by atoms with Crippen LogP contribution in [0.5, 0.6) is 0 Å². The molecule has 0 radical (unpaired) electrons. The van der Waals surface area contributed by atoms with Crippen molar-refractivity contribution in [2.45, 2.75) is 64.7 Å². The predicted octanol–water partition coefficient (Wildman–Crippen LogP) is 5.27. The van der Waals surface area contributed by atoms with Gasteiger partial charge in [-0.2, -0.15) is 0 Å². The average Bonchev–Trinajstić information content (AvgIpc) is 3.22. The van der Waals surface area contributed by atoms with E-state index in [2.05, 4.69) is 37.4 Å². The van der Waals surface area contributed by atoms with Gasteiger partial charge in [0.05, 0.1) is 25.2 Å². The molecule has 208 valence electrons. The van der Waals surface area contributed by atoms with Crippen LogP contribution in [0.3, 0.4) is 0 Å². The summed E-state index contributed by atoms with van der Waals surface area (Å²) in [7, 11) is 2.46. The Labute approximate surface area is 232 Å². The van der Waals surface area contributed by atoms with Crippen molar-refractivity contribution < 1.29 is 33.4 Å². The highest BCUT2D eigenvalue weighted by Gasteiger charge is 2.61. The van der Waals surface area contributed by atoms with Crippen molar-refractivity contribution in [2.24, 2.45) is 17.3 Å². The maximum atomic E-state index is 13.6. The van der Waals surface area contributed by atoms with Crippen LogP contribution in [0.1, 0.15) is 80.8 Å². The molecular weight excluding hydrogens is 518 g/mol. The molecule has 4 aliphatic rings. The summed E-state index contributed by atoms with van der Waals surface area (Å²) in [6.45, 7) is 5.36. The van der Waals surface area contributed by atoms with E-state index in [0.717, 1.165) is 49.9 Å². The van der Waals surface area contributed by atoms with Crippen LogP contribution < -0.4 is 5.32 Å². The molecule has 2 aromatic rings. The number of methoxy groups -OCH3 is 2. The van der Waals surface area contributed by atoms with Gasteiger partial charge in [-0.05, 0) is 98.8 Å². The Hall–Kier alpha value is -3.20. The summed E-state index contributed by atoms with van der Waals surface area (Å²) in [6.07, 6.45) is 5.69. The Kier molecular flexibility index (Phi) is 7.07. The zero-order valence-electron chi connectivity index (χ0n) is 23.1. The van der Waals surface area contributed by atoms with E-state index in [0.29, 0.717) is 17.4 Å². The van der Waals surface area contributed by atoms with Crippen LogP contribution in [0.4, 0.5) is 5.00 Å². The van der Waals surface area contributed by atoms with Gasteiger partial charge in [0.1, 0.15) is 9.88 Å². The Morgan fingerprint density at radius 1 is 0.949 bits per heavy atom. The van der Waals surface area contributed by atoms with Gasteiger partial charge in [0.2, 0.25) is 0 Å². The Morgan fingerprint density at radius 2 is 1.62 bits per heavy atom. The Morgan fingerprint density at radius 3 is 2.23 bits per heavy atom. The molecule has 2 atom stereocenters. The maximum Gasteiger partial charge on any atom is 0.348 e. The zero-order chi connectivity index (χ0) is 28.1. The summed E-state index contributed by atoms with van der Waals surface area (Å²) in [5.41, 5.74) is 3.67. The van der Waals surface area contributed by atoms with E-state index in [4.69, 9.17) is 14.2 Å². The first-order valence-corrected chi connectivity index (χ1v) is 14.2. The van der Waals surface area contributed by atoms with Gasteiger partial charge < -0.3 is 19.5 Å². The lowest BCUT2D eigenvalue weighted by Gasteiger charge is -2.61. The fourth-order valence-corrected chi connectivity index (χ4v) is 8.72. The van der Waals surface area contributed by atoms with Crippen LogP contribution in [-0.4, -0.2) is 44.6 Å². The highest BCUT2D eigenvalue weighted by molar-refractivity contribution is 7.18. The van der Waals surface area contributed by atoms with Gasteiger partial charge in [-0.3, -0.25) is 9.59 Å².